The Morgan fingerprint density at radius 1 is 1.53 bits per heavy atom. The van der Waals surface area contributed by atoms with Crippen LogP contribution in [0, 0.1) is 0 Å². The van der Waals surface area contributed by atoms with Gasteiger partial charge in [0.05, 0.1) is 5.75 Å². The molecule has 0 aliphatic heterocycles. The van der Waals surface area contributed by atoms with Gasteiger partial charge in [-0.15, -0.1) is 0 Å². The lowest BCUT2D eigenvalue weighted by Crippen LogP contribution is -1.99. The van der Waals surface area contributed by atoms with Gasteiger partial charge in [-0.05, 0) is 12.1 Å². The van der Waals surface area contributed by atoms with E-state index in [1.165, 1.54) is 11.8 Å². The van der Waals surface area contributed by atoms with Crippen LogP contribution in [-0.4, -0.2) is 21.9 Å². The minimum atomic E-state index is -0.225. The van der Waals surface area contributed by atoms with Crippen LogP contribution in [-0.2, 0) is 4.79 Å². The summed E-state index contributed by atoms with van der Waals surface area (Å²) >= 11 is 5.61. The van der Waals surface area contributed by atoms with Crippen LogP contribution in [0.1, 0.15) is 0 Å². The number of thioether (sulfide) groups is 1. The van der Waals surface area contributed by atoms with Gasteiger partial charge < -0.3 is 4.42 Å². The Morgan fingerprint density at radius 2 is 2.33 bits per heavy atom. The molecule has 1 radical (unpaired) electrons. The molecule has 1 aromatic carbocycles. The zero-order valence-corrected chi connectivity index (χ0v) is 9.23. The molecule has 1 heterocycles. The molecule has 15 heavy (non-hydrogen) atoms. The number of hydrogen-bond acceptors (Lipinski definition) is 5. The number of carbonyl (C=O) groups is 1. The first-order chi connectivity index (χ1) is 7.29. The molecule has 3 nitrogen and oxygen atoms in total. The number of fused-ring (bicyclic) bond motifs is 1. The summed E-state index contributed by atoms with van der Waals surface area (Å²) < 4.78 is 5.40. The SMILES string of the molecule is O=C([C]=S)CSc1nc2ccccc2o1. The number of thiocarbonyl (C=S) groups is 1. The third kappa shape index (κ3) is 2.43. The van der Waals surface area contributed by atoms with E-state index in [4.69, 9.17) is 4.42 Å². The molecule has 0 amide bonds. The van der Waals surface area contributed by atoms with E-state index in [0.717, 1.165) is 11.1 Å². The lowest BCUT2D eigenvalue weighted by Gasteiger charge is -1.88. The van der Waals surface area contributed by atoms with E-state index in [9.17, 15) is 4.79 Å². The van der Waals surface area contributed by atoms with Gasteiger partial charge in [-0.2, -0.15) is 0 Å². The van der Waals surface area contributed by atoms with Crippen LogP contribution < -0.4 is 0 Å². The fourth-order valence-corrected chi connectivity index (χ4v) is 1.87. The number of hydrogen-bond donors (Lipinski definition) is 0. The van der Waals surface area contributed by atoms with Gasteiger partial charge in [-0.25, -0.2) is 4.98 Å². The average Bonchev–Trinajstić information content (AvgIpc) is 2.68. The Labute approximate surface area is 95.9 Å². The summed E-state index contributed by atoms with van der Waals surface area (Å²) in [4.78, 5) is 15.1. The van der Waals surface area contributed by atoms with E-state index < -0.39 is 0 Å². The van der Waals surface area contributed by atoms with Crippen molar-refractivity contribution in [1.29, 1.82) is 0 Å². The van der Waals surface area contributed by atoms with Crippen LogP contribution in [0.2, 0.25) is 0 Å². The second-order valence-electron chi connectivity index (χ2n) is 2.76. The average molecular weight is 236 g/mol. The smallest absolute Gasteiger partial charge is 0.257 e. The molecule has 0 spiro atoms. The monoisotopic (exact) mass is 236 g/mol. The molecular weight excluding hydrogens is 230 g/mol. The van der Waals surface area contributed by atoms with E-state index in [0.29, 0.717) is 5.22 Å². The maximum absolute atomic E-state index is 10.9. The van der Waals surface area contributed by atoms with E-state index >= 15 is 0 Å². The van der Waals surface area contributed by atoms with Gasteiger partial charge in [-0.1, -0.05) is 36.1 Å². The second-order valence-corrected chi connectivity index (χ2v) is 3.89. The Kier molecular flexibility index (Phi) is 3.13. The Balaban J connectivity index is 2.15. The zero-order chi connectivity index (χ0) is 10.7. The number of oxazole rings is 1. The summed E-state index contributed by atoms with van der Waals surface area (Å²) in [6.45, 7) is 0. The van der Waals surface area contributed by atoms with E-state index in [1.54, 1.807) is 0 Å². The Morgan fingerprint density at radius 3 is 3.07 bits per heavy atom. The highest BCUT2D eigenvalue weighted by atomic mass is 32.2. The van der Waals surface area contributed by atoms with Gasteiger partial charge in [0.2, 0.25) is 0 Å². The van der Waals surface area contributed by atoms with Crippen LogP contribution in [0.4, 0.5) is 0 Å². The van der Waals surface area contributed by atoms with Crippen LogP contribution >= 0.6 is 24.0 Å². The Bertz CT molecular complexity index is 474. The molecule has 0 aliphatic rings. The molecule has 0 N–H and O–H groups in total. The van der Waals surface area contributed by atoms with Crippen molar-refractivity contribution in [1.82, 2.24) is 4.98 Å². The lowest BCUT2D eigenvalue weighted by molar-refractivity contribution is -0.110. The number of aromatic nitrogens is 1. The molecular formula is C10H6NO2S2. The van der Waals surface area contributed by atoms with E-state index in [-0.39, 0.29) is 11.5 Å². The number of carbonyl (C=O) groups excluding carboxylic acids is 1. The number of rotatable bonds is 4. The standard InChI is InChI=1S/C10H6NO2S2/c12-7(5-14)6-15-10-11-8-3-1-2-4-9(8)13-10/h1-4H,6H2. The van der Waals surface area contributed by atoms with Crippen molar-refractivity contribution in [2.75, 3.05) is 5.75 Å². The first kappa shape index (κ1) is 10.3. The number of nitrogens with zero attached hydrogens (tertiary/aromatic N) is 1. The van der Waals surface area contributed by atoms with Crippen molar-refractivity contribution in [3.63, 3.8) is 0 Å². The number of Topliss-reactive ketones (excluding diaryl/α,β-unsaturated/α-hetero) is 1. The maximum atomic E-state index is 10.9. The minimum absolute atomic E-state index is 0.219. The van der Waals surface area contributed by atoms with Crippen molar-refractivity contribution in [2.24, 2.45) is 0 Å². The summed E-state index contributed by atoms with van der Waals surface area (Å²) in [5.41, 5.74) is 1.51. The van der Waals surface area contributed by atoms with Crippen molar-refractivity contribution < 1.29 is 9.21 Å². The van der Waals surface area contributed by atoms with Gasteiger partial charge in [0.25, 0.3) is 5.22 Å². The lowest BCUT2D eigenvalue weighted by atomic mass is 10.3. The Hall–Kier alpha value is -1.20. The van der Waals surface area contributed by atoms with Crippen molar-refractivity contribution in [3.8, 4) is 0 Å². The summed E-state index contributed by atoms with van der Waals surface area (Å²) in [6, 6.07) is 7.45. The molecule has 0 saturated heterocycles. The van der Waals surface area contributed by atoms with Gasteiger partial charge in [0.1, 0.15) is 10.9 Å². The molecule has 0 saturated carbocycles. The van der Waals surface area contributed by atoms with Crippen LogP contribution in [0.5, 0.6) is 0 Å². The number of para-hydroxylation sites is 2. The van der Waals surface area contributed by atoms with Crippen molar-refractivity contribution in [2.45, 2.75) is 5.22 Å². The van der Waals surface area contributed by atoms with Gasteiger partial charge in [0, 0.05) is 0 Å². The second kappa shape index (κ2) is 4.55. The molecule has 2 aromatic rings. The van der Waals surface area contributed by atoms with Gasteiger partial charge >= 0.3 is 0 Å². The summed E-state index contributed by atoms with van der Waals surface area (Å²) in [6.07, 6.45) is 0. The van der Waals surface area contributed by atoms with Gasteiger partial charge in [-0.3, -0.25) is 4.79 Å². The molecule has 0 fully saturated rings. The third-order valence-electron chi connectivity index (χ3n) is 1.71. The largest absolute Gasteiger partial charge is 0.431 e. The summed E-state index contributed by atoms with van der Waals surface area (Å²) in [5, 5.41) is 2.60. The molecule has 75 valence electrons. The summed E-state index contributed by atoms with van der Waals surface area (Å²) in [7, 11) is 0. The number of benzene rings is 1. The minimum Gasteiger partial charge on any atom is -0.431 e. The predicted octanol–water partition coefficient (Wildman–Crippen LogP) is 2.37. The topological polar surface area (TPSA) is 43.1 Å². The first-order valence-corrected chi connectivity index (χ1v) is 5.58. The summed E-state index contributed by atoms with van der Waals surface area (Å²) in [5.74, 6) is -0.00619. The van der Waals surface area contributed by atoms with Crippen molar-refractivity contribution in [3.05, 3.63) is 24.3 Å². The first-order valence-electron chi connectivity index (χ1n) is 4.19. The van der Waals surface area contributed by atoms with E-state index in [1.807, 2.05) is 24.3 Å². The third-order valence-corrected chi connectivity index (χ3v) is 2.77. The van der Waals surface area contributed by atoms with E-state index in [2.05, 4.69) is 22.6 Å². The fraction of sp³-hybridized carbons (Fsp3) is 0.100. The van der Waals surface area contributed by atoms with Crippen LogP contribution in [0.3, 0.4) is 0 Å². The van der Waals surface area contributed by atoms with Gasteiger partial charge in [0.15, 0.2) is 11.4 Å². The number of ketones is 1. The molecule has 0 bridgehead atoms. The molecule has 0 unspecified atom stereocenters. The maximum Gasteiger partial charge on any atom is 0.257 e. The van der Waals surface area contributed by atoms with Crippen LogP contribution in [0.25, 0.3) is 11.1 Å². The normalized spacial score (nSPS) is 10.4. The highest BCUT2D eigenvalue weighted by molar-refractivity contribution is 8.00. The highest BCUT2D eigenvalue weighted by Gasteiger charge is 2.07. The molecule has 5 heteroatoms. The zero-order valence-electron chi connectivity index (χ0n) is 7.60. The highest BCUT2D eigenvalue weighted by Crippen LogP contribution is 2.22. The quantitative estimate of drug-likeness (QED) is 0.602. The van der Waals surface area contributed by atoms with Crippen LogP contribution in [0.15, 0.2) is 33.9 Å². The predicted molar refractivity (Wildman–Crippen MR) is 62.3 cm³/mol. The molecule has 0 atom stereocenters. The molecule has 2 rings (SSSR count). The molecule has 0 aliphatic carbocycles. The fourth-order valence-electron chi connectivity index (χ4n) is 1.07. The molecule has 1 aromatic heterocycles. The van der Waals surface area contributed by atoms with Crippen molar-refractivity contribution >= 4 is 46.2 Å².